The first-order valence-corrected chi connectivity index (χ1v) is 6.09. The molecule has 2 aromatic rings. The fourth-order valence-electron chi connectivity index (χ4n) is 1.86. The maximum Gasteiger partial charge on any atom is 0.158 e. The summed E-state index contributed by atoms with van der Waals surface area (Å²) in [4.78, 5) is 4.09. The van der Waals surface area contributed by atoms with Crippen LogP contribution in [0, 0.1) is 0 Å². The smallest absolute Gasteiger partial charge is 0.158 e. The highest BCUT2D eigenvalue weighted by Crippen LogP contribution is 2.23. The summed E-state index contributed by atoms with van der Waals surface area (Å²) in [5, 5.41) is 14.4. The van der Waals surface area contributed by atoms with Crippen molar-refractivity contribution >= 4 is 15.9 Å². The normalized spacial score (nSPS) is 14.6. The molecule has 0 saturated carbocycles. The van der Waals surface area contributed by atoms with Crippen LogP contribution in [0.4, 0.5) is 0 Å². The van der Waals surface area contributed by atoms with E-state index in [2.05, 4.69) is 26.0 Å². The van der Waals surface area contributed by atoms with E-state index in [9.17, 15) is 5.11 Å². The molecule has 0 fully saturated rings. The average molecular weight is 296 g/mol. The number of hydrogen-bond donors (Lipinski definition) is 1. The standard InChI is InChI=1S/C12H14BrN3O/c1-12(17,11-14-8-15-16(11)2)7-9-3-5-10(13)6-4-9/h3-6,8,17H,7H2,1-2H3. The molecule has 1 atom stereocenters. The molecule has 1 aromatic heterocycles. The number of aliphatic hydroxyl groups is 1. The van der Waals surface area contributed by atoms with Crippen LogP contribution in [-0.2, 0) is 19.1 Å². The van der Waals surface area contributed by atoms with Gasteiger partial charge < -0.3 is 5.11 Å². The van der Waals surface area contributed by atoms with Crippen molar-refractivity contribution in [3.63, 3.8) is 0 Å². The summed E-state index contributed by atoms with van der Waals surface area (Å²) in [6.45, 7) is 1.75. The fraction of sp³-hybridized carbons (Fsp3) is 0.333. The predicted molar refractivity (Wildman–Crippen MR) is 68.4 cm³/mol. The molecule has 1 N–H and O–H groups in total. The van der Waals surface area contributed by atoms with Gasteiger partial charge in [-0.15, -0.1) is 0 Å². The van der Waals surface area contributed by atoms with Crippen molar-refractivity contribution < 1.29 is 5.11 Å². The van der Waals surface area contributed by atoms with Gasteiger partial charge in [0.25, 0.3) is 0 Å². The number of aryl methyl sites for hydroxylation is 1. The monoisotopic (exact) mass is 295 g/mol. The Hall–Kier alpha value is -1.20. The third-order valence-electron chi connectivity index (χ3n) is 2.65. The van der Waals surface area contributed by atoms with Crippen LogP contribution in [0.25, 0.3) is 0 Å². The second-order valence-electron chi connectivity index (χ2n) is 4.28. The first kappa shape index (κ1) is 12.3. The third kappa shape index (κ3) is 2.73. The largest absolute Gasteiger partial charge is 0.382 e. The molecular formula is C12H14BrN3O. The van der Waals surface area contributed by atoms with E-state index in [1.165, 1.54) is 6.33 Å². The first-order valence-electron chi connectivity index (χ1n) is 5.30. The molecule has 1 aromatic carbocycles. The van der Waals surface area contributed by atoms with Crippen LogP contribution in [0.5, 0.6) is 0 Å². The minimum absolute atomic E-state index is 0.507. The highest BCUT2D eigenvalue weighted by molar-refractivity contribution is 9.10. The van der Waals surface area contributed by atoms with E-state index in [0.29, 0.717) is 12.2 Å². The van der Waals surface area contributed by atoms with Crippen LogP contribution in [0.15, 0.2) is 35.1 Å². The Balaban J connectivity index is 2.23. The van der Waals surface area contributed by atoms with E-state index in [1.807, 2.05) is 24.3 Å². The minimum Gasteiger partial charge on any atom is -0.382 e. The summed E-state index contributed by atoms with van der Waals surface area (Å²) in [7, 11) is 1.78. The Morgan fingerprint density at radius 2 is 2.00 bits per heavy atom. The number of aromatic nitrogens is 3. The quantitative estimate of drug-likeness (QED) is 0.943. The third-order valence-corrected chi connectivity index (χ3v) is 3.18. The van der Waals surface area contributed by atoms with E-state index in [1.54, 1.807) is 18.7 Å². The summed E-state index contributed by atoms with van der Waals surface area (Å²) in [5.74, 6) is 0.570. The molecule has 0 bridgehead atoms. The van der Waals surface area contributed by atoms with Gasteiger partial charge in [-0.2, -0.15) is 5.10 Å². The molecule has 0 aliphatic rings. The molecule has 17 heavy (non-hydrogen) atoms. The van der Waals surface area contributed by atoms with E-state index in [-0.39, 0.29) is 0 Å². The zero-order chi connectivity index (χ0) is 12.5. The van der Waals surface area contributed by atoms with Crippen LogP contribution in [0.2, 0.25) is 0 Å². The van der Waals surface area contributed by atoms with Crippen molar-refractivity contribution in [2.24, 2.45) is 7.05 Å². The summed E-state index contributed by atoms with van der Waals surface area (Å²) in [6.07, 6.45) is 1.96. The number of nitrogens with zero attached hydrogens (tertiary/aromatic N) is 3. The molecule has 4 nitrogen and oxygen atoms in total. The van der Waals surface area contributed by atoms with E-state index in [0.717, 1.165) is 10.0 Å². The lowest BCUT2D eigenvalue weighted by Crippen LogP contribution is -2.28. The van der Waals surface area contributed by atoms with Crippen molar-refractivity contribution in [1.29, 1.82) is 0 Å². The van der Waals surface area contributed by atoms with Gasteiger partial charge in [0.15, 0.2) is 5.82 Å². The number of hydrogen-bond acceptors (Lipinski definition) is 3. The average Bonchev–Trinajstić information content (AvgIpc) is 2.68. The molecule has 5 heteroatoms. The maximum absolute atomic E-state index is 10.4. The van der Waals surface area contributed by atoms with E-state index in [4.69, 9.17) is 0 Å². The first-order chi connectivity index (χ1) is 7.99. The van der Waals surface area contributed by atoms with Crippen molar-refractivity contribution in [3.8, 4) is 0 Å². The van der Waals surface area contributed by atoms with Crippen LogP contribution in [0.3, 0.4) is 0 Å². The molecule has 0 aliphatic carbocycles. The second-order valence-corrected chi connectivity index (χ2v) is 5.20. The maximum atomic E-state index is 10.4. The Morgan fingerprint density at radius 3 is 2.53 bits per heavy atom. The SMILES string of the molecule is Cn1ncnc1C(C)(O)Cc1ccc(Br)cc1. The van der Waals surface area contributed by atoms with Gasteiger partial charge in [0, 0.05) is 17.9 Å². The predicted octanol–water partition coefficient (Wildman–Crippen LogP) is 2.03. The lowest BCUT2D eigenvalue weighted by Gasteiger charge is -2.22. The molecule has 0 spiro atoms. The minimum atomic E-state index is -1.01. The van der Waals surface area contributed by atoms with Crippen LogP contribution in [0.1, 0.15) is 18.3 Å². The molecule has 1 heterocycles. The Morgan fingerprint density at radius 1 is 1.35 bits per heavy atom. The molecule has 1 unspecified atom stereocenters. The van der Waals surface area contributed by atoms with Crippen molar-refractivity contribution in [2.45, 2.75) is 18.9 Å². The van der Waals surface area contributed by atoms with Gasteiger partial charge in [-0.3, -0.25) is 4.68 Å². The zero-order valence-corrected chi connectivity index (χ0v) is 11.3. The summed E-state index contributed by atoms with van der Waals surface area (Å²) in [6, 6.07) is 7.88. The lowest BCUT2D eigenvalue weighted by atomic mass is 9.96. The molecule has 0 radical (unpaired) electrons. The Kier molecular flexibility index (Phi) is 3.31. The number of benzene rings is 1. The van der Waals surface area contributed by atoms with Gasteiger partial charge in [0.05, 0.1) is 0 Å². The fourth-order valence-corrected chi connectivity index (χ4v) is 2.13. The molecule has 0 aliphatic heterocycles. The van der Waals surface area contributed by atoms with E-state index < -0.39 is 5.60 Å². The van der Waals surface area contributed by atoms with Crippen LogP contribution < -0.4 is 0 Å². The van der Waals surface area contributed by atoms with Gasteiger partial charge in [0.2, 0.25) is 0 Å². The molecule has 0 amide bonds. The highest BCUT2D eigenvalue weighted by Gasteiger charge is 2.28. The molecular weight excluding hydrogens is 282 g/mol. The topological polar surface area (TPSA) is 50.9 Å². The van der Waals surface area contributed by atoms with Gasteiger partial charge >= 0.3 is 0 Å². The number of rotatable bonds is 3. The lowest BCUT2D eigenvalue weighted by molar-refractivity contribution is 0.0443. The Bertz CT molecular complexity index is 505. The van der Waals surface area contributed by atoms with Crippen molar-refractivity contribution in [2.75, 3.05) is 0 Å². The van der Waals surface area contributed by atoms with Gasteiger partial charge in [-0.05, 0) is 24.6 Å². The zero-order valence-electron chi connectivity index (χ0n) is 9.76. The summed E-state index contributed by atoms with van der Waals surface area (Å²) < 4.78 is 2.62. The summed E-state index contributed by atoms with van der Waals surface area (Å²) in [5.41, 5.74) is 0.0419. The Labute approximate surface area is 108 Å². The highest BCUT2D eigenvalue weighted by atomic mass is 79.9. The van der Waals surface area contributed by atoms with Gasteiger partial charge in [-0.1, -0.05) is 28.1 Å². The molecule has 0 saturated heterocycles. The van der Waals surface area contributed by atoms with Crippen molar-refractivity contribution in [3.05, 3.63) is 46.5 Å². The van der Waals surface area contributed by atoms with Crippen LogP contribution in [-0.4, -0.2) is 19.9 Å². The van der Waals surface area contributed by atoms with Crippen molar-refractivity contribution in [1.82, 2.24) is 14.8 Å². The van der Waals surface area contributed by atoms with E-state index >= 15 is 0 Å². The van der Waals surface area contributed by atoms with Crippen LogP contribution >= 0.6 is 15.9 Å². The molecule has 90 valence electrons. The summed E-state index contributed by atoms with van der Waals surface area (Å²) >= 11 is 3.39. The molecule has 2 rings (SSSR count). The second kappa shape index (κ2) is 4.58. The number of halogens is 1. The van der Waals surface area contributed by atoms with Gasteiger partial charge in [0.1, 0.15) is 11.9 Å². The van der Waals surface area contributed by atoms with Gasteiger partial charge in [-0.25, -0.2) is 4.98 Å².